The van der Waals surface area contributed by atoms with E-state index in [4.69, 9.17) is 0 Å². The van der Waals surface area contributed by atoms with Crippen LogP contribution in [0, 0.1) is 34.5 Å². The Balaban J connectivity index is 1.54. The molecule has 4 rings (SSSR count). The standard InChI is InChI=1S/C28H44N2O2/c1-6-16-29-30(17-7-2)19-25(31)24-11-10-22-21-9-8-20-18-26(3,32)14-15-27(20,4)23(21)12-13-28(22,24)5/h7,12,16-17,20-22,24,32H,6,8-11,13-15,18-19H2,1-5H3/b17-7-,29-16-/t20-,21+,22?,24-,26-,27+,28+/m1/s1. The summed E-state index contributed by atoms with van der Waals surface area (Å²) in [4.78, 5) is 13.5. The molecule has 0 aliphatic heterocycles. The van der Waals surface area contributed by atoms with Crippen molar-refractivity contribution in [2.45, 2.75) is 98.0 Å². The molecule has 4 aliphatic rings. The quantitative estimate of drug-likeness (QED) is 0.308. The monoisotopic (exact) mass is 440 g/mol. The smallest absolute Gasteiger partial charge is 0.157 e. The zero-order chi connectivity index (χ0) is 23.1. The third-order valence-electron chi connectivity index (χ3n) is 9.75. The van der Waals surface area contributed by atoms with Gasteiger partial charge in [0.2, 0.25) is 0 Å². The summed E-state index contributed by atoms with van der Waals surface area (Å²) in [5, 5.41) is 17.0. The second-order valence-electron chi connectivity index (χ2n) is 11.9. The second-order valence-corrected chi connectivity index (χ2v) is 11.9. The van der Waals surface area contributed by atoms with E-state index in [1.54, 1.807) is 5.57 Å². The van der Waals surface area contributed by atoms with Gasteiger partial charge >= 0.3 is 0 Å². The van der Waals surface area contributed by atoms with Crippen LogP contribution in [-0.2, 0) is 4.79 Å². The van der Waals surface area contributed by atoms with Gasteiger partial charge in [0.15, 0.2) is 5.78 Å². The summed E-state index contributed by atoms with van der Waals surface area (Å²) in [5.41, 5.74) is 1.50. The highest BCUT2D eigenvalue weighted by atomic mass is 16.3. The number of rotatable bonds is 6. The summed E-state index contributed by atoms with van der Waals surface area (Å²) in [6, 6.07) is 0. The van der Waals surface area contributed by atoms with Gasteiger partial charge in [0, 0.05) is 18.3 Å². The molecule has 1 N–H and O–H groups in total. The molecule has 0 radical (unpaired) electrons. The van der Waals surface area contributed by atoms with Crippen molar-refractivity contribution >= 4 is 12.0 Å². The van der Waals surface area contributed by atoms with Gasteiger partial charge in [-0.25, -0.2) is 0 Å². The van der Waals surface area contributed by atoms with Crippen molar-refractivity contribution in [3.63, 3.8) is 0 Å². The molecular weight excluding hydrogens is 396 g/mol. The maximum atomic E-state index is 13.5. The zero-order valence-electron chi connectivity index (χ0n) is 20.9. The number of hydrogen-bond donors (Lipinski definition) is 1. The Hall–Kier alpha value is -1.42. The van der Waals surface area contributed by atoms with Crippen LogP contribution in [0.4, 0.5) is 0 Å². The van der Waals surface area contributed by atoms with E-state index in [9.17, 15) is 9.90 Å². The summed E-state index contributed by atoms with van der Waals surface area (Å²) in [6.45, 7) is 11.3. The summed E-state index contributed by atoms with van der Waals surface area (Å²) in [5.74, 6) is 2.33. The number of Topliss-reactive ketones (excluding diaryl/α,β-unsaturated/α-hetero) is 1. The lowest BCUT2D eigenvalue weighted by molar-refractivity contribution is -0.127. The van der Waals surface area contributed by atoms with Gasteiger partial charge in [-0.05, 0) is 100 Å². The predicted octanol–water partition coefficient (Wildman–Crippen LogP) is 6.12. The van der Waals surface area contributed by atoms with Crippen molar-refractivity contribution in [3.8, 4) is 0 Å². The number of carbonyl (C=O) groups is 1. The number of ketones is 1. The van der Waals surface area contributed by atoms with Crippen LogP contribution >= 0.6 is 0 Å². The van der Waals surface area contributed by atoms with E-state index in [1.807, 2.05) is 37.3 Å². The zero-order valence-corrected chi connectivity index (χ0v) is 20.9. The maximum absolute atomic E-state index is 13.5. The summed E-state index contributed by atoms with van der Waals surface area (Å²) >= 11 is 0. The lowest BCUT2D eigenvalue weighted by atomic mass is 9.47. The molecule has 7 atom stereocenters. The Bertz CT molecular complexity index is 812. The molecule has 3 saturated carbocycles. The SMILES string of the molecule is C/C=C\N(CC(=O)[C@H]1CCC2[C@@H]3CC[C@@H]4C[C@](C)(O)CC[C@]4(C)C3=CC[C@@]21C)/N=C\CC. The van der Waals surface area contributed by atoms with E-state index >= 15 is 0 Å². The number of allylic oxidation sites excluding steroid dienone is 3. The third-order valence-corrected chi connectivity index (χ3v) is 9.75. The van der Waals surface area contributed by atoms with E-state index in [0.717, 1.165) is 38.5 Å². The van der Waals surface area contributed by atoms with Crippen LogP contribution < -0.4 is 0 Å². The van der Waals surface area contributed by atoms with E-state index in [1.165, 1.54) is 19.3 Å². The van der Waals surface area contributed by atoms with Crippen LogP contribution in [0.15, 0.2) is 29.0 Å². The average Bonchev–Trinajstić information content (AvgIpc) is 3.10. The van der Waals surface area contributed by atoms with Crippen LogP contribution in [-0.4, -0.2) is 34.3 Å². The van der Waals surface area contributed by atoms with Crippen LogP contribution in [0.3, 0.4) is 0 Å². The van der Waals surface area contributed by atoms with Crippen LogP contribution in [0.1, 0.15) is 92.4 Å². The second kappa shape index (κ2) is 8.74. The van der Waals surface area contributed by atoms with Crippen molar-refractivity contribution in [2.24, 2.45) is 39.6 Å². The third kappa shape index (κ3) is 4.02. The fourth-order valence-corrected chi connectivity index (χ4v) is 7.99. The molecule has 4 heteroatoms. The van der Waals surface area contributed by atoms with Crippen molar-refractivity contribution in [2.75, 3.05) is 6.54 Å². The molecule has 0 bridgehead atoms. The molecule has 0 spiro atoms. The van der Waals surface area contributed by atoms with Crippen LogP contribution in [0.5, 0.6) is 0 Å². The number of nitrogens with zero attached hydrogens (tertiary/aromatic N) is 2. The van der Waals surface area contributed by atoms with E-state index in [0.29, 0.717) is 30.1 Å². The number of hydrazone groups is 1. The average molecular weight is 441 g/mol. The topological polar surface area (TPSA) is 52.9 Å². The van der Waals surface area contributed by atoms with Gasteiger partial charge in [-0.1, -0.05) is 38.5 Å². The lowest BCUT2D eigenvalue weighted by Gasteiger charge is -2.58. The molecule has 0 aromatic carbocycles. The van der Waals surface area contributed by atoms with Gasteiger partial charge in [0.25, 0.3) is 0 Å². The molecule has 4 aliphatic carbocycles. The first-order chi connectivity index (χ1) is 15.1. The number of carbonyl (C=O) groups excluding carboxylic acids is 1. The fraction of sp³-hybridized carbons (Fsp3) is 0.786. The molecule has 3 fully saturated rings. The van der Waals surface area contributed by atoms with E-state index in [2.05, 4.69) is 31.9 Å². The van der Waals surface area contributed by atoms with Crippen molar-refractivity contribution in [1.29, 1.82) is 0 Å². The minimum absolute atomic E-state index is 0.0741. The highest BCUT2D eigenvalue weighted by Gasteiger charge is 2.59. The summed E-state index contributed by atoms with van der Waals surface area (Å²) in [6.07, 6.45) is 17.8. The minimum atomic E-state index is -0.495. The molecule has 0 aromatic heterocycles. The molecule has 0 aromatic rings. The highest BCUT2D eigenvalue weighted by Crippen LogP contribution is 2.66. The van der Waals surface area contributed by atoms with Crippen LogP contribution in [0.25, 0.3) is 0 Å². The van der Waals surface area contributed by atoms with Gasteiger partial charge in [0.05, 0.1) is 12.1 Å². The van der Waals surface area contributed by atoms with Crippen molar-refractivity contribution in [1.82, 2.24) is 5.01 Å². The van der Waals surface area contributed by atoms with Gasteiger partial charge < -0.3 is 5.11 Å². The van der Waals surface area contributed by atoms with Gasteiger partial charge in [-0.3, -0.25) is 9.80 Å². The Morgan fingerprint density at radius 3 is 2.72 bits per heavy atom. The van der Waals surface area contributed by atoms with Crippen molar-refractivity contribution < 1.29 is 9.90 Å². The number of fused-ring (bicyclic) bond motifs is 5. The maximum Gasteiger partial charge on any atom is 0.157 e. The van der Waals surface area contributed by atoms with Gasteiger partial charge in [0.1, 0.15) is 0 Å². The normalized spacial score (nSPS) is 43.6. The number of hydrogen-bond acceptors (Lipinski definition) is 4. The van der Waals surface area contributed by atoms with E-state index < -0.39 is 5.60 Å². The van der Waals surface area contributed by atoms with Crippen molar-refractivity contribution in [3.05, 3.63) is 23.9 Å². The largest absolute Gasteiger partial charge is 0.390 e. The molecule has 4 nitrogen and oxygen atoms in total. The first-order valence-electron chi connectivity index (χ1n) is 13.0. The molecule has 1 unspecified atom stereocenters. The Morgan fingerprint density at radius 1 is 1.22 bits per heavy atom. The highest BCUT2D eigenvalue weighted by molar-refractivity contribution is 5.84. The predicted molar refractivity (Wildman–Crippen MR) is 131 cm³/mol. The molecular formula is C28H44N2O2. The van der Waals surface area contributed by atoms with Crippen LogP contribution in [0.2, 0.25) is 0 Å². The van der Waals surface area contributed by atoms with Gasteiger partial charge in [-0.2, -0.15) is 5.10 Å². The molecule has 0 amide bonds. The number of aliphatic hydroxyl groups is 1. The molecule has 32 heavy (non-hydrogen) atoms. The summed E-state index contributed by atoms with van der Waals surface area (Å²) < 4.78 is 0. The molecule has 178 valence electrons. The lowest BCUT2D eigenvalue weighted by Crippen LogP contribution is -2.51. The fourth-order valence-electron chi connectivity index (χ4n) is 7.99. The summed E-state index contributed by atoms with van der Waals surface area (Å²) in [7, 11) is 0. The Kier molecular flexibility index (Phi) is 6.48. The molecule has 0 heterocycles. The minimum Gasteiger partial charge on any atom is -0.390 e. The van der Waals surface area contributed by atoms with E-state index in [-0.39, 0.29) is 16.7 Å². The van der Waals surface area contributed by atoms with Gasteiger partial charge in [-0.15, -0.1) is 0 Å². The Labute approximate surface area is 195 Å². The first kappa shape index (κ1) is 23.7. The Morgan fingerprint density at radius 2 is 2.00 bits per heavy atom. The first-order valence-corrected chi connectivity index (χ1v) is 13.0. The molecule has 0 saturated heterocycles.